The first kappa shape index (κ1) is 17.5. The molecule has 134 valence electrons. The third-order valence-corrected chi connectivity index (χ3v) is 4.73. The van der Waals surface area contributed by atoms with Gasteiger partial charge in [0.25, 0.3) is 0 Å². The lowest BCUT2D eigenvalue weighted by Gasteiger charge is -2.25. The van der Waals surface area contributed by atoms with E-state index < -0.39 is 0 Å². The molecular weight excluding hydrogens is 316 g/mol. The predicted octanol–water partition coefficient (Wildman–Crippen LogP) is 2.51. The van der Waals surface area contributed by atoms with Crippen LogP contribution in [0.5, 0.6) is 11.5 Å². The van der Waals surface area contributed by atoms with E-state index in [9.17, 15) is 0 Å². The standard InChI is InChI=1S/C19H26N4O2/c1-14-10-21-15(11-20-14)12-22(2)16-5-6-23(13-16)17-7-18(24-3)9-19(8-17)25-4/h7-11,16H,5-6,12-13H2,1-4H3/t16-/m0/s1. The molecule has 1 atom stereocenters. The maximum atomic E-state index is 5.39. The normalized spacial score (nSPS) is 17.2. The van der Waals surface area contributed by atoms with Gasteiger partial charge in [0.15, 0.2) is 0 Å². The first-order valence-electron chi connectivity index (χ1n) is 8.55. The van der Waals surface area contributed by atoms with E-state index in [1.54, 1.807) is 14.2 Å². The minimum atomic E-state index is 0.486. The zero-order valence-corrected chi connectivity index (χ0v) is 15.4. The van der Waals surface area contributed by atoms with Crippen molar-refractivity contribution in [2.75, 3.05) is 39.3 Å². The van der Waals surface area contributed by atoms with Gasteiger partial charge in [0.1, 0.15) is 11.5 Å². The van der Waals surface area contributed by atoms with Gasteiger partial charge in [-0.2, -0.15) is 0 Å². The first-order valence-corrected chi connectivity index (χ1v) is 8.55. The quantitative estimate of drug-likeness (QED) is 0.804. The molecule has 2 heterocycles. The minimum Gasteiger partial charge on any atom is -0.497 e. The lowest BCUT2D eigenvalue weighted by molar-refractivity contribution is 0.247. The summed E-state index contributed by atoms with van der Waals surface area (Å²) in [6.07, 6.45) is 4.81. The van der Waals surface area contributed by atoms with E-state index in [0.29, 0.717) is 6.04 Å². The number of anilines is 1. The molecule has 0 aliphatic carbocycles. The highest BCUT2D eigenvalue weighted by atomic mass is 16.5. The summed E-state index contributed by atoms with van der Waals surface area (Å²) < 4.78 is 10.8. The molecule has 0 spiro atoms. The Morgan fingerprint density at radius 2 is 1.84 bits per heavy atom. The number of hydrogen-bond donors (Lipinski definition) is 0. The van der Waals surface area contributed by atoms with Crippen LogP contribution < -0.4 is 14.4 Å². The van der Waals surface area contributed by atoms with Crippen molar-refractivity contribution in [3.05, 3.63) is 42.0 Å². The summed E-state index contributed by atoms with van der Waals surface area (Å²) in [6, 6.07) is 6.52. The van der Waals surface area contributed by atoms with E-state index in [-0.39, 0.29) is 0 Å². The molecule has 2 aromatic rings. The zero-order chi connectivity index (χ0) is 17.8. The minimum absolute atomic E-state index is 0.486. The Balaban J connectivity index is 1.65. The number of methoxy groups -OCH3 is 2. The van der Waals surface area contributed by atoms with Crippen molar-refractivity contribution in [1.29, 1.82) is 0 Å². The molecule has 0 bridgehead atoms. The number of likely N-dealkylation sites (N-methyl/N-ethyl adjacent to an activating group) is 1. The Bertz CT molecular complexity index is 683. The van der Waals surface area contributed by atoms with Crippen LogP contribution in [0.1, 0.15) is 17.8 Å². The van der Waals surface area contributed by atoms with Crippen LogP contribution in [0.25, 0.3) is 0 Å². The highest BCUT2D eigenvalue weighted by molar-refractivity contribution is 5.56. The second kappa shape index (κ2) is 7.70. The molecule has 0 N–H and O–H groups in total. The molecule has 1 aliphatic rings. The lowest BCUT2D eigenvalue weighted by Crippen LogP contribution is -2.34. The Labute approximate surface area is 149 Å². The third-order valence-electron chi connectivity index (χ3n) is 4.73. The van der Waals surface area contributed by atoms with E-state index in [1.165, 1.54) is 0 Å². The monoisotopic (exact) mass is 342 g/mol. The van der Waals surface area contributed by atoms with Gasteiger partial charge in [-0.3, -0.25) is 14.9 Å². The fraction of sp³-hybridized carbons (Fsp3) is 0.474. The molecule has 6 heteroatoms. The van der Waals surface area contributed by atoms with Crippen molar-refractivity contribution >= 4 is 5.69 Å². The number of rotatable bonds is 6. The van der Waals surface area contributed by atoms with Gasteiger partial charge in [-0.1, -0.05) is 0 Å². The van der Waals surface area contributed by atoms with Crippen LogP contribution in [0, 0.1) is 6.92 Å². The Morgan fingerprint density at radius 3 is 2.44 bits per heavy atom. The Hall–Kier alpha value is -2.34. The number of nitrogens with zero attached hydrogens (tertiary/aromatic N) is 4. The molecule has 0 saturated carbocycles. The topological polar surface area (TPSA) is 50.7 Å². The molecule has 25 heavy (non-hydrogen) atoms. The zero-order valence-electron chi connectivity index (χ0n) is 15.4. The van der Waals surface area contributed by atoms with E-state index in [4.69, 9.17) is 9.47 Å². The highest BCUT2D eigenvalue weighted by Crippen LogP contribution is 2.31. The van der Waals surface area contributed by atoms with Crippen molar-refractivity contribution in [2.24, 2.45) is 0 Å². The molecule has 1 aliphatic heterocycles. The molecule has 1 saturated heterocycles. The Kier molecular flexibility index (Phi) is 5.38. The number of aromatic nitrogens is 2. The molecule has 0 amide bonds. The van der Waals surface area contributed by atoms with Crippen LogP contribution in [0.2, 0.25) is 0 Å². The average Bonchev–Trinajstić information content (AvgIpc) is 3.13. The van der Waals surface area contributed by atoms with E-state index >= 15 is 0 Å². The van der Waals surface area contributed by atoms with Gasteiger partial charge in [0.05, 0.1) is 25.6 Å². The summed E-state index contributed by atoms with van der Waals surface area (Å²) in [4.78, 5) is 13.5. The van der Waals surface area contributed by atoms with Crippen molar-refractivity contribution in [1.82, 2.24) is 14.9 Å². The van der Waals surface area contributed by atoms with Gasteiger partial charge >= 0.3 is 0 Å². The summed E-state index contributed by atoms with van der Waals surface area (Å²) >= 11 is 0. The van der Waals surface area contributed by atoms with Crippen molar-refractivity contribution < 1.29 is 9.47 Å². The second-order valence-electron chi connectivity index (χ2n) is 6.52. The van der Waals surface area contributed by atoms with Crippen LogP contribution in [-0.2, 0) is 6.54 Å². The number of benzene rings is 1. The molecular formula is C19H26N4O2. The molecule has 1 aromatic carbocycles. The largest absolute Gasteiger partial charge is 0.497 e. The Morgan fingerprint density at radius 1 is 1.12 bits per heavy atom. The molecule has 1 fully saturated rings. The average molecular weight is 342 g/mol. The molecule has 0 unspecified atom stereocenters. The van der Waals surface area contributed by atoms with Crippen molar-refractivity contribution in [3.63, 3.8) is 0 Å². The van der Waals surface area contributed by atoms with Gasteiger partial charge in [0, 0.05) is 62.0 Å². The molecule has 1 aromatic heterocycles. The van der Waals surface area contributed by atoms with E-state index in [1.807, 2.05) is 25.4 Å². The first-order chi connectivity index (χ1) is 12.1. The summed E-state index contributed by atoms with van der Waals surface area (Å²) in [5, 5.41) is 0. The van der Waals surface area contributed by atoms with Crippen LogP contribution >= 0.6 is 0 Å². The fourth-order valence-electron chi connectivity index (χ4n) is 3.20. The van der Waals surface area contributed by atoms with Gasteiger partial charge in [-0.05, 0) is 20.4 Å². The fourth-order valence-corrected chi connectivity index (χ4v) is 3.20. The van der Waals surface area contributed by atoms with Gasteiger partial charge in [0.2, 0.25) is 0 Å². The molecule has 6 nitrogen and oxygen atoms in total. The number of aryl methyl sites for hydroxylation is 1. The number of ether oxygens (including phenoxy) is 2. The maximum Gasteiger partial charge on any atom is 0.124 e. The lowest BCUT2D eigenvalue weighted by atomic mass is 10.2. The molecule has 0 radical (unpaired) electrons. The highest BCUT2D eigenvalue weighted by Gasteiger charge is 2.26. The van der Waals surface area contributed by atoms with E-state index in [0.717, 1.165) is 54.6 Å². The summed E-state index contributed by atoms with van der Waals surface area (Å²) in [6.45, 7) is 4.77. The smallest absolute Gasteiger partial charge is 0.124 e. The van der Waals surface area contributed by atoms with Gasteiger partial charge < -0.3 is 14.4 Å². The van der Waals surface area contributed by atoms with Gasteiger partial charge in [-0.25, -0.2) is 0 Å². The summed E-state index contributed by atoms with van der Waals surface area (Å²) in [5.74, 6) is 1.64. The molecule has 3 rings (SSSR count). The maximum absolute atomic E-state index is 5.39. The summed E-state index contributed by atoms with van der Waals surface area (Å²) in [7, 11) is 5.52. The van der Waals surface area contributed by atoms with Crippen LogP contribution in [0.15, 0.2) is 30.6 Å². The van der Waals surface area contributed by atoms with Gasteiger partial charge in [-0.15, -0.1) is 0 Å². The van der Waals surface area contributed by atoms with Crippen molar-refractivity contribution in [3.8, 4) is 11.5 Å². The number of hydrogen-bond acceptors (Lipinski definition) is 6. The van der Waals surface area contributed by atoms with Crippen LogP contribution in [-0.4, -0.2) is 55.3 Å². The van der Waals surface area contributed by atoms with Crippen LogP contribution in [0.3, 0.4) is 0 Å². The second-order valence-corrected chi connectivity index (χ2v) is 6.52. The summed E-state index contributed by atoms with van der Waals surface area (Å²) in [5.41, 5.74) is 3.10. The predicted molar refractivity (Wildman–Crippen MR) is 98.4 cm³/mol. The SMILES string of the molecule is COc1cc(OC)cc(N2CC[C@H](N(C)Cc3cnc(C)cn3)C2)c1. The third kappa shape index (κ3) is 4.20. The van der Waals surface area contributed by atoms with E-state index in [2.05, 4.69) is 38.9 Å². The van der Waals surface area contributed by atoms with Crippen molar-refractivity contribution in [2.45, 2.75) is 25.9 Å². The van der Waals surface area contributed by atoms with Crippen LogP contribution in [0.4, 0.5) is 5.69 Å².